The number of anilines is 1. The molecule has 0 aliphatic carbocycles. The quantitative estimate of drug-likeness (QED) is 0.453. The Bertz CT molecular complexity index is 742. The second-order valence-corrected chi connectivity index (χ2v) is 5.68. The molecule has 0 aliphatic heterocycles. The van der Waals surface area contributed by atoms with Gasteiger partial charge >= 0.3 is 0 Å². The van der Waals surface area contributed by atoms with Crippen LogP contribution >= 0.6 is 12.2 Å². The van der Waals surface area contributed by atoms with E-state index in [2.05, 4.69) is 29.2 Å². The fraction of sp³-hybridized carbons (Fsp3) is 0.158. The van der Waals surface area contributed by atoms with Crippen molar-refractivity contribution in [2.45, 2.75) is 20.3 Å². The molecule has 0 aromatic heterocycles. The second-order valence-electron chi connectivity index (χ2n) is 5.27. The van der Waals surface area contributed by atoms with Crippen LogP contribution in [-0.4, -0.2) is 11.0 Å². The fourth-order valence-corrected chi connectivity index (χ4v) is 2.40. The van der Waals surface area contributed by atoms with Gasteiger partial charge in [0.05, 0.1) is 0 Å². The highest BCUT2D eigenvalue weighted by atomic mass is 32.1. The maximum Gasteiger partial charge on any atom is 0.262 e. The van der Waals surface area contributed by atoms with Crippen LogP contribution in [0.1, 0.15) is 23.6 Å². The van der Waals surface area contributed by atoms with E-state index in [-0.39, 0.29) is 5.91 Å². The Morgan fingerprint density at radius 1 is 1.08 bits per heavy atom. The fourth-order valence-electron chi connectivity index (χ4n) is 2.24. The summed E-state index contributed by atoms with van der Waals surface area (Å²) in [5.41, 5.74) is 9.48. The van der Waals surface area contributed by atoms with Crippen molar-refractivity contribution in [3.05, 3.63) is 71.3 Å². The molecular formula is C19H21N3OS. The molecule has 0 bridgehead atoms. The standard InChI is InChI=1S/C19H21N3OS/c1-3-16-11-7-8-14(2)18(16)20-19(24)22-21-17(23)13-12-15-9-5-4-6-10-15/h4-13H,3H2,1-2H3,(H,21,23)(H2,20,22,24)/b13-12+. The smallest absolute Gasteiger partial charge is 0.262 e. The molecule has 0 aliphatic rings. The summed E-state index contributed by atoms with van der Waals surface area (Å²) < 4.78 is 0. The monoisotopic (exact) mass is 339 g/mol. The van der Waals surface area contributed by atoms with Crippen molar-refractivity contribution in [3.8, 4) is 0 Å². The van der Waals surface area contributed by atoms with Crippen LogP contribution in [0, 0.1) is 6.92 Å². The highest BCUT2D eigenvalue weighted by Gasteiger charge is 2.06. The number of rotatable bonds is 4. The zero-order valence-corrected chi connectivity index (χ0v) is 14.6. The number of carbonyl (C=O) groups excluding carboxylic acids is 1. The van der Waals surface area contributed by atoms with Gasteiger partial charge in [0.15, 0.2) is 5.11 Å². The van der Waals surface area contributed by atoms with Gasteiger partial charge in [0.25, 0.3) is 5.91 Å². The summed E-state index contributed by atoms with van der Waals surface area (Å²) in [7, 11) is 0. The van der Waals surface area contributed by atoms with Gasteiger partial charge in [-0.15, -0.1) is 0 Å². The van der Waals surface area contributed by atoms with E-state index < -0.39 is 0 Å². The Morgan fingerprint density at radius 2 is 1.83 bits per heavy atom. The number of hydrogen-bond donors (Lipinski definition) is 3. The average Bonchev–Trinajstić information content (AvgIpc) is 2.60. The van der Waals surface area contributed by atoms with Crippen LogP contribution in [-0.2, 0) is 11.2 Å². The summed E-state index contributed by atoms with van der Waals surface area (Å²) in [6.45, 7) is 4.11. The van der Waals surface area contributed by atoms with Crippen LogP contribution in [0.25, 0.3) is 6.08 Å². The zero-order valence-electron chi connectivity index (χ0n) is 13.8. The molecule has 1 amide bonds. The molecule has 0 heterocycles. The summed E-state index contributed by atoms with van der Waals surface area (Å²) in [5, 5.41) is 3.49. The minimum Gasteiger partial charge on any atom is -0.331 e. The van der Waals surface area contributed by atoms with E-state index in [1.165, 1.54) is 11.6 Å². The van der Waals surface area contributed by atoms with E-state index >= 15 is 0 Å². The van der Waals surface area contributed by atoms with E-state index in [9.17, 15) is 4.79 Å². The van der Waals surface area contributed by atoms with Crippen molar-refractivity contribution in [3.63, 3.8) is 0 Å². The van der Waals surface area contributed by atoms with Gasteiger partial charge in [-0.25, -0.2) is 0 Å². The molecule has 0 spiro atoms. The minimum absolute atomic E-state index is 0.275. The number of carbonyl (C=O) groups is 1. The van der Waals surface area contributed by atoms with Crippen molar-refractivity contribution < 1.29 is 4.79 Å². The molecule has 3 N–H and O–H groups in total. The van der Waals surface area contributed by atoms with Crippen LogP contribution in [0.15, 0.2) is 54.6 Å². The zero-order chi connectivity index (χ0) is 17.4. The number of hydrogen-bond acceptors (Lipinski definition) is 2. The van der Waals surface area contributed by atoms with Crippen molar-refractivity contribution in [2.24, 2.45) is 0 Å². The van der Waals surface area contributed by atoms with Crippen molar-refractivity contribution in [1.29, 1.82) is 0 Å². The molecule has 2 aromatic carbocycles. The molecule has 2 rings (SSSR count). The molecule has 0 saturated carbocycles. The number of hydrazine groups is 1. The number of nitrogens with one attached hydrogen (secondary N) is 3. The lowest BCUT2D eigenvalue weighted by molar-refractivity contribution is -0.116. The number of thiocarbonyl (C=S) groups is 1. The maximum atomic E-state index is 11.8. The van der Waals surface area contributed by atoms with Crippen LogP contribution in [0.3, 0.4) is 0 Å². The summed E-state index contributed by atoms with van der Waals surface area (Å²) in [5.74, 6) is -0.275. The van der Waals surface area contributed by atoms with Gasteiger partial charge in [-0.3, -0.25) is 15.6 Å². The van der Waals surface area contributed by atoms with Gasteiger partial charge in [0, 0.05) is 11.8 Å². The van der Waals surface area contributed by atoms with Crippen LogP contribution in [0.4, 0.5) is 5.69 Å². The van der Waals surface area contributed by atoms with E-state index in [4.69, 9.17) is 12.2 Å². The molecule has 0 atom stereocenters. The number of amides is 1. The van der Waals surface area contributed by atoms with E-state index in [1.54, 1.807) is 6.08 Å². The lowest BCUT2D eigenvalue weighted by Crippen LogP contribution is -2.43. The van der Waals surface area contributed by atoms with Crippen LogP contribution in [0.5, 0.6) is 0 Å². The van der Waals surface area contributed by atoms with Crippen molar-refractivity contribution in [1.82, 2.24) is 10.9 Å². The second kappa shape index (κ2) is 8.84. The minimum atomic E-state index is -0.275. The number of aryl methyl sites for hydroxylation is 2. The molecule has 124 valence electrons. The molecular weight excluding hydrogens is 318 g/mol. The molecule has 2 aromatic rings. The molecule has 0 unspecified atom stereocenters. The third-order valence-corrected chi connectivity index (χ3v) is 3.71. The highest BCUT2D eigenvalue weighted by molar-refractivity contribution is 7.80. The predicted octanol–water partition coefficient (Wildman–Crippen LogP) is 3.59. The first-order valence-corrected chi connectivity index (χ1v) is 8.19. The Kier molecular flexibility index (Phi) is 6.51. The maximum absolute atomic E-state index is 11.8. The Morgan fingerprint density at radius 3 is 2.54 bits per heavy atom. The molecule has 0 radical (unpaired) electrons. The molecule has 0 fully saturated rings. The normalized spacial score (nSPS) is 10.4. The predicted molar refractivity (Wildman–Crippen MR) is 104 cm³/mol. The lowest BCUT2D eigenvalue weighted by atomic mass is 10.1. The molecule has 5 heteroatoms. The molecule has 4 nitrogen and oxygen atoms in total. The first kappa shape index (κ1) is 17.7. The summed E-state index contributed by atoms with van der Waals surface area (Å²) >= 11 is 5.24. The number of benzene rings is 2. The third kappa shape index (κ3) is 5.21. The third-order valence-electron chi connectivity index (χ3n) is 3.50. The van der Waals surface area contributed by atoms with Crippen molar-refractivity contribution in [2.75, 3.05) is 5.32 Å². The SMILES string of the molecule is CCc1cccc(C)c1NC(=S)NNC(=O)/C=C/c1ccccc1. The Labute approximate surface area is 147 Å². The number of para-hydroxylation sites is 1. The molecule has 0 saturated heterocycles. The first-order valence-electron chi connectivity index (χ1n) is 7.78. The van der Waals surface area contributed by atoms with Gasteiger partial charge in [-0.1, -0.05) is 55.5 Å². The van der Waals surface area contributed by atoms with Crippen LogP contribution in [0.2, 0.25) is 0 Å². The largest absolute Gasteiger partial charge is 0.331 e. The van der Waals surface area contributed by atoms with Gasteiger partial charge in [0.1, 0.15) is 0 Å². The van der Waals surface area contributed by atoms with E-state index in [0.717, 1.165) is 23.2 Å². The Balaban J connectivity index is 1.87. The van der Waals surface area contributed by atoms with E-state index in [1.807, 2.05) is 49.4 Å². The van der Waals surface area contributed by atoms with Crippen LogP contribution < -0.4 is 16.2 Å². The van der Waals surface area contributed by atoms with Gasteiger partial charge in [-0.05, 0) is 48.3 Å². The summed E-state index contributed by atoms with van der Waals surface area (Å²) in [6.07, 6.45) is 4.10. The van der Waals surface area contributed by atoms with E-state index in [0.29, 0.717) is 5.11 Å². The Hall–Kier alpha value is -2.66. The highest BCUT2D eigenvalue weighted by Crippen LogP contribution is 2.20. The average molecular weight is 339 g/mol. The van der Waals surface area contributed by atoms with Gasteiger partial charge in [-0.2, -0.15) is 0 Å². The summed E-state index contributed by atoms with van der Waals surface area (Å²) in [6, 6.07) is 15.7. The topological polar surface area (TPSA) is 53.2 Å². The summed E-state index contributed by atoms with van der Waals surface area (Å²) in [4.78, 5) is 11.8. The van der Waals surface area contributed by atoms with Gasteiger partial charge in [0.2, 0.25) is 0 Å². The first-order chi connectivity index (χ1) is 11.6. The molecule has 24 heavy (non-hydrogen) atoms. The lowest BCUT2D eigenvalue weighted by Gasteiger charge is -2.15. The van der Waals surface area contributed by atoms with Gasteiger partial charge < -0.3 is 5.32 Å². The van der Waals surface area contributed by atoms with Crippen molar-refractivity contribution >= 4 is 35.0 Å².